The minimum absolute atomic E-state index is 0.136. The Balaban J connectivity index is 1.78. The van der Waals surface area contributed by atoms with Crippen LogP contribution in [0.1, 0.15) is 38.5 Å². The number of primary amides is 1. The molecule has 0 aromatic carbocycles. The summed E-state index contributed by atoms with van der Waals surface area (Å²) in [6, 6.07) is 0.813. The molecule has 2 N–H and O–H groups in total. The molecule has 0 bridgehead atoms. The summed E-state index contributed by atoms with van der Waals surface area (Å²) in [7, 11) is 0. The number of carbonyl (C=O) groups excluding carboxylic acids is 1. The van der Waals surface area contributed by atoms with Gasteiger partial charge in [-0.2, -0.15) is 0 Å². The number of carbonyl (C=O) groups is 1. The maximum absolute atomic E-state index is 10.8. The third kappa shape index (κ3) is 2.27. The fourth-order valence-corrected chi connectivity index (χ4v) is 2.91. The number of rotatable bonds is 3. The van der Waals surface area contributed by atoms with Gasteiger partial charge in [0, 0.05) is 19.0 Å². The Labute approximate surface area is 85.6 Å². The van der Waals surface area contributed by atoms with Crippen LogP contribution in [0.5, 0.6) is 0 Å². The number of hydrogen-bond acceptors (Lipinski definition) is 2. The second-order valence-corrected chi connectivity index (χ2v) is 4.76. The summed E-state index contributed by atoms with van der Waals surface area (Å²) in [5.41, 5.74) is 5.21. The molecule has 0 aromatic heterocycles. The van der Waals surface area contributed by atoms with Gasteiger partial charge in [-0.3, -0.25) is 4.79 Å². The molecule has 3 nitrogen and oxygen atoms in total. The summed E-state index contributed by atoms with van der Waals surface area (Å²) < 4.78 is 0. The number of likely N-dealkylation sites (tertiary alicyclic amines) is 1. The zero-order valence-corrected chi connectivity index (χ0v) is 8.74. The highest BCUT2D eigenvalue weighted by atomic mass is 16.1. The maximum atomic E-state index is 10.8. The zero-order chi connectivity index (χ0) is 9.97. The van der Waals surface area contributed by atoms with Gasteiger partial charge in [-0.15, -0.1) is 0 Å². The molecule has 1 heterocycles. The molecule has 2 aliphatic rings. The number of amides is 1. The highest BCUT2D eigenvalue weighted by molar-refractivity contribution is 5.74. The van der Waals surface area contributed by atoms with Gasteiger partial charge in [0.25, 0.3) is 0 Å². The summed E-state index contributed by atoms with van der Waals surface area (Å²) in [6.07, 6.45) is 7.26. The van der Waals surface area contributed by atoms with Crippen molar-refractivity contribution in [3.05, 3.63) is 0 Å². The molecule has 0 unspecified atom stereocenters. The molecular formula is C11H20N2O. The topological polar surface area (TPSA) is 46.3 Å². The highest BCUT2D eigenvalue weighted by Crippen LogP contribution is 2.29. The quantitative estimate of drug-likeness (QED) is 0.735. The average molecular weight is 196 g/mol. The molecule has 80 valence electrons. The monoisotopic (exact) mass is 196 g/mol. The van der Waals surface area contributed by atoms with E-state index in [1.165, 1.54) is 38.6 Å². The molecule has 1 saturated carbocycles. The molecule has 1 amide bonds. The van der Waals surface area contributed by atoms with Crippen molar-refractivity contribution in [3.8, 4) is 0 Å². The van der Waals surface area contributed by atoms with Crippen LogP contribution in [-0.4, -0.2) is 29.9 Å². The Bertz CT molecular complexity index is 211. The molecule has 1 aliphatic heterocycles. The van der Waals surface area contributed by atoms with Crippen LogP contribution in [0.4, 0.5) is 0 Å². The van der Waals surface area contributed by atoms with Gasteiger partial charge in [0.05, 0.1) is 0 Å². The van der Waals surface area contributed by atoms with E-state index in [-0.39, 0.29) is 5.91 Å². The fraction of sp³-hybridized carbons (Fsp3) is 0.909. The van der Waals surface area contributed by atoms with Crippen LogP contribution >= 0.6 is 0 Å². The number of nitrogens with two attached hydrogens (primary N) is 1. The van der Waals surface area contributed by atoms with Gasteiger partial charge >= 0.3 is 0 Å². The summed E-state index contributed by atoms with van der Waals surface area (Å²) in [5.74, 6) is 0.399. The van der Waals surface area contributed by atoms with Crippen LogP contribution in [0.25, 0.3) is 0 Å². The minimum Gasteiger partial charge on any atom is -0.370 e. The van der Waals surface area contributed by atoms with E-state index < -0.39 is 0 Å². The molecule has 1 saturated heterocycles. The summed E-state index contributed by atoms with van der Waals surface area (Å²) in [4.78, 5) is 13.4. The lowest BCUT2D eigenvalue weighted by atomic mass is 10.1. The van der Waals surface area contributed by atoms with E-state index in [1.54, 1.807) is 0 Å². The molecule has 0 radical (unpaired) electrons. The van der Waals surface area contributed by atoms with Gasteiger partial charge < -0.3 is 10.6 Å². The Kier molecular flexibility index (Phi) is 3.06. The molecule has 14 heavy (non-hydrogen) atoms. The molecule has 2 rings (SSSR count). The first-order valence-corrected chi connectivity index (χ1v) is 5.78. The number of nitrogens with zero attached hydrogens (tertiary/aromatic N) is 1. The Hall–Kier alpha value is -0.570. The molecule has 0 aromatic rings. The molecule has 0 spiro atoms. The van der Waals surface area contributed by atoms with E-state index in [9.17, 15) is 4.79 Å². The van der Waals surface area contributed by atoms with Crippen molar-refractivity contribution in [2.24, 2.45) is 11.7 Å². The zero-order valence-electron chi connectivity index (χ0n) is 8.74. The highest BCUT2D eigenvalue weighted by Gasteiger charge is 2.30. The van der Waals surface area contributed by atoms with E-state index in [0.717, 1.165) is 12.6 Å². The molecule has 3 heteroatoms. The predicted octanol–water partition coefficient (Wildman–Crippen LogP) is 1.13. The molecular weight excluding hydrogens is 176 g/mol. The maximum Gasteiger partial charge on any atom is 0.217 e. The Morgan fingerprint density at radius 1 is 1.29 bits per heavy atom. The summed E-state index contributed by atoms with van der Waals surface area (Å²) >= 11 is 0. The van der Waals surface area contributed by atoms with E-state index >= 15 is 0 Å². The lowest BCUT2D eigenvalue weighted by molar-refractivity contribution is -0.118. The third-order valence-electron chi connectivity index (χ3n) is 3.65. The fourth-order valence-electron chi connectivity index (χ4n) is 2.91. The van der Waals surface area contributed by atoms with Crippen molar-refractivity contribution in [1.82, 2.24) is 4.90 Å². The van der Waals surface area contributed by atoms with Gasteiger partial charge in [-0.1, -0.05) is 12.8 Å². The lowest BCUT2D eigenvalue weighted by Gasteiger charge is -2.23. The molecule has 1 atom stereocenters. The third-order valence-corrected chi connectivity index (χ3v) is 3.65. The van der Waals surface area contributed by atoms with Crippen molar-refractivity contribution >= 4 is 5.91 Å². The van der Waals surface area contributed by atoms with Crippen LogP contribution < -0.4 is 5.73 Å². The van der Waals surface area contributed by atoms with Crippen LogP contribution in [0.3, 0.4) is 0 Å². The number of hydrogen-bond donors (Lipinski definition) is 1. The van der Waals surface area contributed by atoms with Crippen LogP contribution in [0.2, 0.25) is 0 Å². The predicted molar refractivity (Wildman–Crippen MR) is 55.7 cm³/mol. The minimum atomic E-state index is -0.136. The summed E-state index contributed by atoms with van der Waals surface area (Å²) in [6.45, 7) is 2.29. The standard InChI is InChI=1S/C11H20N2O/c12-11(14)7-9-5-6-13(8-9)10-3-1-2-4-10/h9-10H,1-8H2,(H2,12,14)/t9-/m0/s1. The van der Waals surface area contributed by atoms with E-state index in [1.807, 2.05) is 0 Å². The van der Waals surface area contributed by atoms with Crippen LogP contribution in [0.15, 0.2) is 0 Å². The van der Waals surface area contributed by atoms with Gasteiger partial charge in [0.15, 0.2) is 0 Å². The van der Waals surface area contributed by atoms with E-state index in [2.05, 4.69) is 4.90 Å². The van der Waals surface area contributed by atoms with E-state index in [4.69, 9.17) is 5.73 Å². The Morgan fingerprint density at radius 2 is 2.00 bits per heavy atom. The van der Waals surface area contributed by atoms with Crippen molar-refractivity contribution in [2.45, 2.75) is 44.6 Å². The molecule has 2 fully saturated rings. The average Bonchev–Trinajstić information content (AvgIpc) is 2.69. The molecule has 1 aliphatic carbocycles. The van der Waals surface area contributed by atoms with Crippen molar-refractivity contribution in [3.63, 3.8) is 0 Å². The second-order valence-electron chi connectivity index (χ2n) is 4.76. The first kappa shape index (κ1) is 9.97. The second kappa shape index (κ2) is 4.30. The summed E-state index contributed by atoms with van der Waals surface area (Å²) in [5, 5.41) is 0. The van der Waals surface area contributed by atoms with Crippen LogP contribution in [0, 0.1) is 5.92 Å². The van der Waals surface area contributed by atoms with Gasteiger partial charge in [-0.05, 0) is 31.7 Å². The van der Waals surface area contributed by atoms with Crippen LogP contribution in [-0.2, 0) is 4.79 Å². The van der Waals surface area contributed by atoms with Gasteiger partial charge in [0.2, 0.25) is 5.91 Å². The van der Waals surface area contributed by atoms with Gasteiger partial charge in [0.1, 0.15) is 0 Å². The smallest absolute Gasteiger partial charge is 0.217 e. The van der Waals surface area contributed by atoms with E-state index in [0.29, 0.717) is 12.3 Å². The lowest BCUT2D eigenvalue weighted by Crippen LogP contribution is -2.31. The normalized spacial score (nSPS) is 29.9. The van der Waals surface area contributed by atoms with Crippen molar-refractivity contribution in [2.75, 3.05) is 13.1 Å². The SMILES string of the molecule is NC(=O)C[C@@H]1CCN(C2CCCC2)C1. The first-order valence-electron chi connectivity index (χ1n) is 5.78. The largest absolute Gasteiger partial charge is 0.370 e. The van der Waals surface area contributed by atoms with Crippen molar-refractivity contribution < 1.29 is 4.79 Å². The van der Waals surface area contributed by atoms with Gasteiger partial charge in [-0.25, -0.2) is 0 Å². The first-order chi connectivity index (χ1) is 6.75. The van der Waals surface area contributed by atoms with Crippen molar-refractivity contribution in [1.29, 1.82) is 0 Å². The Morgan fingerprint density at radius 3 is 2.64 bits per heavy atom.